The molecule has 2 aromatic rings. The van der Waals surface area contributed by atoms with E-state index in [0.717, 1.165) is 36.8 Å². The monoisotopic (exact) mass is 269 g/mol. The van der Waals surface area contributed by atoms with Crippen LogP contribution >= 0.6 is 0 Å². The molecule has 1 unspecified atom stereocenters. The first-order valence-corrected chi connectivity index (χ1v) is 7.10. The van der Waals surface area contributed by atoms with Crippen molar-refractivity contribution in [3.63, 3.8) is 0 Å². The number of carbonyl (C=O) groups excluding carboxylic acids is 1. The molecule has 1 amide bonds. The zero-order chi connectivity index (χ0) is 13.9. The number of nitrogens with zero attached hydrogens (tertiary/aromatic N) is 2. The molecule has 20 heavy (non-hydrogen) atoms. The van der Waals surface area contributed by atoms with Gasteiger partial charge in [-0.1, -0.05) is 24.3 Å². The lowest BCUT2D eigenvalue weighted by molar-refractivity contribution is 0.0692. The largest absolute Gasteiger partial charge is 0.336 e. The molecule has 1 fully saturated rings. The molecule has 0 aliphatic carbocycles. The number of nitrogens with one attached hydrogen (secondary N) is 1. The minimum absolute atomic E-state index is 0.0377. The number of hydrogen-bond acceptors (Lipinski definition) is 3. The van der Waals surface area contributed by atoms with Crippen LogP contribution in [-0.2, 0) is 0 Å². The highest BCUT2D eigenvalue weighted by molar-refractivity contribution is 5.95. The first kappa shape index (κ1) is 13.1. The number of pyridine rings is 1. The molecular formula is C16H19N3O. The maximum atomic E-state index is 12.5. The summed E-state index contributed by atoms with van der Waals surface area (Å²) in [4.78, 5) is 18.9. The van der Waals surface area contributed by atoms with E-state index >= 15 is 0 Å². The van der Waals surface area contributed by atoms with Crippen LogP contribution in [0.25, 0.3) is 10.9 Å². The lowest BCUT2D eigenvalue weighted by Gasteiger charge is -2.32. The lowest BCUT2D eigenvalue weighted by Crippen LogP contribution is -2.47. The van der Waals surface area contributed by atoms with E-state index in [1.54, 1.807) is 0 Å². The molecule has 1 aromatic heterocycles. The Bertz CT molecular complexity index is 626. The number of aromatic nitrogens is 1. The zero-order valence-electron chi connectivity index (χ0n) is 11.7. The highest BCUT2D eigenvalue weighted by atomic mass is 16.2. The third-order valence-corrected chi connectivity index (χ3v) is 3.93. The Hall–Kier alpha value is -1.94. The summed E-state index contributed by atoms with van der Waals surface area (Å²) in [7, 11) is 1.95. The zero-order valence-corrected chi connectivity index (χ0v) is 11.7. The number of fused-ring (bicyclic) bond motifs is 1. The number of likely N-dealkylation sites (N-methyl/N-ethyl adjacent to an activating group) is 1. The van der Waals surface area contributed by atoms with Crippen LogP contribution in [0.4, 0.5) is 0 Å². The van der Waals surface area contributed by atoms with Gasteiger partial charge >= 0.3 is 0 Å². The van der Waals surface area contributed by atoms with Crippen LogP contribution in [0.2, 0.25) is 0 Å². The van der Waals surface area contributed by atoms with Crippen molar-refractivity contribution in [2.75, 3.05) is 20.1 Å². The van der Waals surface area contributed by atoms with Crippen molar-refractivity contribution in [3.05, 3.63) is 42.1 Å². The van der Waals surface area contributed by atoms with E-state index in [1.165, 1.54) is 0 Å². The van der Waals surface area contributed by atoms with E-state index in [-0.39, 0.29) is 5.91 Å². The molecule has 4 nitrogen and oxygen atoms in total. The Labute approximate surface area is 118 Å². The minimum Gasteiger partial charge on any atom is -0.336 e. The number of likely N-dealkylation sites (tertiary alicyclic amines) is 1. The van der Waals surface area contributed by atoms with Gasteiger partial charge in [0.1, 0.15) is 5.69 Å². The second-order valence-corrected chi connectivity index (χ2v) is 5.27. The van der Waals surface area contributed by atoms with Crippen LogP contribution < -0.4 is 5.32 Å². The van der Waals surface area contributed by atoms with Gasteiger partial charge in [-0.05, 0) is 32.0 Å². The first-order valence-electron chi connectivity index (χ1n) is 7.10. The maximum absolute atomic E-state index is 12.5. The summed E-state index contributed by atoms with van der Waals surface area (Å²) in [5.41, 5.74) is 1.42. The summed E-state index contributed by atoms with van der Waals surface area (Å²) >= 11 is 0. The van der Waals surface area contributed by atoms with Crippen molar-refractivity contribution in [1.29, 1.82) is 0 Å². The second kappa shape index (κ2) is 5.59. The normalized spacial score (nSPS) is 19.2. The van der Waals surface area contributed by atoms with Gasteiger partial charge in [-0.15, -0.1) is 0 Å². The summed E-state index contributed by atoms with van der Waals surface area (Å²) in [6.07, 6.45) is 2.18. The molecule has 1 N–H and O–H groups in total. The van der Waals surface area contributed by atoms with Crippen molar-refractivity contribution >= 4 is 16.8 Å². The number of amides is 1. The third kappa shape index (κ3) is 2.51. The average Bonchev–Trinajstić information content (AvgIpc) is 2.53. The molecule has 4 heteroatoms. The molecule has 0 radical (unpaired) electrons. The molecule has 1 aromatic carbocycles. The summed E-state index contributed by atoms with van der Waals surface area (Å²) in [5, 5.41) is 4.32. The van der Waals surface area contributed by atoms with Gasteiger partial charge in [0.2, 0.25) is 0 Å². The molecule has 2 heterocycles. The SMILES string of the molecule is CNC1CCCN(C(=O)c2ccc3ccccc3n2)C1. The van der Waals surface area contributed by atoms with Crippen molar-refractivity contribution in [2.45, 2.75) is 18.9 Å². The second-order valence-electron chi connectivity index (χ2n) is 5.27. The Morgan fingerprint density at radius 3 is 3.00 bits per heavy atom. The summed E-state index contributed by atoms with van der Waals surface area (Å²) < 4.78 is 0. The third-order valence-electron chi connectivity index (χ3n) is 3.93. The van der Waals surface area contributed by atoms with Crippen LogP contribution in [0, 0.1) is 0 Å². The van der Waals surface area contributed by atoms with Crippen LogP contribution in [0.15, 0.2) is 36.4 Å². The Balaban J connectivity index is 1.84. The van der Waals surface area contributed by atoms with Crippen LogP contribution in [0.1, 0.15) is 23.3 Å². The van der Waals surface area contributed by atoms with E-state index in [0.29, 0.717) is 11.7 Å². The standard InChI is InChI=1S/C16H19N3O/c1-17-13-6-4-10-19(11-13)16(20)15-9-8-12-5-2-3-7-14(12)18-15/h2-3,5,7-9,13,17H,4,6,10-11H2,1H3. The van der Waals surface area contributed by atoms with Gasteiger partial charge < -0.3 is 10.2 Å². The van der Waals surface area contributed by atoms with Crippen molar-refractivity contribution < 1.29 is 4.79 Å². The topological polar surface area (TPSA) is 45.2 Å². The quantitative estimate of drug-likeness (QED) is 0.907. The van der Waals surface area contributed by atoms with Crippen LogP contribution in [-0.4, -0.2) is 42.0 Å². The predicted octanol–water partition coefficient (Wildman–Crippen LogP) is 2.06. The number of hydrogen-bond donors (Lipinski definition) is 1. The molecule has 1 saturated heterocycles. The van der Waals surface area contributed by atoms with Gasteiger partial charge in [0.15, 0.2) is 0 Å². The molecule has 0 spiro atoms. The molecule has 3 rings (SSSR count). The molecular weight excluding hydrogens is 250 g/mol. The first-order chi connectivity index (χ1) is 9.78. The Morgan fingerprint density at radius 1 is 1.30 bits per heavy atom. The predicted molar refractivity (Wildman–Crippen MR) is 79.7 cm³/mol. The van der Waals surface area contributed by atoms with Gasteiger partial charge in [0.05, 0.1) is 5.52 Å². The molecule has 1 aliphatic heterocycles. The number of benzene rings is 1. The van der Waals surface area contributed by atoms with Gasteiger partial charge in [0.25, 0.3) is 5.91 Å². The average molecular weight is 269 g/mol. The fourth-order valence-corrected chi connectivity index (χ4v) is 2.74. The van der Waals surface area contributed by atoms with Crippen LogP contribution in [0.5, 0.6) is 0 Å². The van der Waals surface area contributed by atoms with Crippen molar-refractivity contribution in [1.82, 2.24) is 15.2 Å². The number of carbonyl (C=O) groups is 1. The highest BCUT2D eigenvalue weighted by Crippen LogP contribution is 2.16. The summed E-state index contributed by atoms with van der Waals surface area (Å²) in [6, 6.07) is 12.1. The van der Waals surface area contributed by atoms with Gasteiger partial charge in [0, 0.05) is 24.5 Å². The minimum atomic E-state index is 0.0377. The van der Waals surface area contributed by atoms with E-state index in [2.05, 4.69) is 10.3 Å². The summed E-state index contributed by atoms with van der Waals surface area (Å²) in [5.74, 6) is 0.0377. The Kier molecular flexibility index (Phi) is 3.65. The van der Waals surface area contributed by atoms with E-state index < -0.39 is 0 Å². The van der Waals surface area contributed by atoms with E-state index in [9.17, 15) is 4.79 Å². The molecule has 104 valence electrons. The maximum Gasteiger partial charge on any atom is 0.272 e. The molecule has 0 bridgehead atoms. The lowest BCUT2D eigenvalue weighted by atomic mass is 10.1. The van der Waals surface area contributed by atoms with Gasteiger partial charge in [-0.2, -0.15) is 0 Å². The van der Waals surface area contributed by atoms with Crippen molar-refractivity contribution in [3.8, 4) is 0 Å². The molecule has 1 aliphatic rings. The van der Waals surface area contributed by atoms with Gasteiger partial charge in [-0.25, -0.2) is 4.98 Å². The molecule has 0 saturated carbocycles. The fourth-order valence-electron chi connectivity index (χ4n) is 2.74. The van der Waals surface area contributed by atoms with Crippen LogP contribution in [0.3, 0.4) is 0 Å². The highest BCUT2D eigenvalue weighted by Gasteiger charge is 2.24. The van der Waals surface area contributed by atoms with Crippen molar-refractivity contribution in [2.24, 2.45) is 0 Å². The number of rotatable bonds is 2. The Morgan fingerprint density at radius 2 is 2.15 bits per heavy atom. The number of piperidine rings is 1. The smallest absolute Gasteiger partial charge is 0.272 e. The van der Waals surface area contributed by atoms with E-state index in [4.69, 9.17) is 0 Å². The molecule has 1 atom stereocenters. The summed E-state index contributed by atoms with van der Waals surface area (Å²) in [6.45, 7) is 1.59. The van der Waals surface area contributed by atoms with E-state index in [1.807, 2.05) is 48.3 Å². The fraction of sp³-hybridized carbons (Fsp3) is 0.375. The number of para-hydroxylation sites is 1. The van der Waals surface area contributed by atoms with Gasteiger partial charge in [-0.3, -0.25) is 4.79 Å².